The van der Waals surface area contributed by atoms with Crippen molar-refractivity contribution in [2.75, 3.05) is 6.54 Å². The van der Waals surface area contributed by atoms with Crippen molar-refractivity contribution in [2.24, 2.45) is 5.73 Å². The summed E-state index contributed by atoms with van der Waals surface area (Å²) in [5.74, 6) is -2.76. The summed E-state index contributed by atoms with van der Waals surface area (Å²) in [5, 5.41) is 16.5. The van der Waals surface area contributed by atoms with E-state index in [0.29, 0.717) is 6.54 Å². The molecule has 1 aromatic carbocycles. The van der Waals surface area contributed by atoms with E-state index in [2.05, 4.69) is 16.3 Å². The third-order valence-corrected chi connectivity index (χ3v) is 6.16. The molecule has 0 radical (unpaired) electrons. The van der Waals surface area contributed by atoms with E-state index in [1.807, 2.05) is 42.2 Å². The minimum atomic E-state index is -5.08. The Hall–Kier alpha value is -3.85. The standard InChI is InChI=1S/C20H20F2N6OS.C2HF3O2/c1-2-27-9-16(8-24-27)13-3-4-14-5-17(30-18(14)6-13)11-26-12-25-28(20(26)29)10-15(7-23)19(21)22;3-2(4,5)1(6)7/h3-6,8-9,12H,2,7,10-11,23H2,1H3;(H,6,7). The van der Waals surface area contributed by atoms with Crippen molar-refractivity contribution in [3.05, 3.63) is 70.0 Å². The Morgan fingerprint density at radius 1 is 1.16 bits per heavy atom. The van der Waals surface area contributed by atoms with E-state index in [1.165, 1.54) is 10.9 Å². The van der Waals surface area contributed by atoms with Crippen LogP contribution in [0.25, 0.3) is 21.2 Å². The van der Waals surface area contributed by atoms with Crippen LogP contribution >= 0.6 is 11.3 Å². The number of carbonyl (C=O) groups is 1. The zero-order valence-corrected chi connectivity index (χ0v) is 20.1. The van der Waals surface area contributed by atoms with E-state index >= 15 is 0 Å². The SMILES string of the molecule is CCn1cc(-c2ccc3cc(Cn4cnn(CC(CN)=C(F)F)c4=O)sc3c2)cn1.O=C(O)C(F)(F)F. The third kappa shape index (κ3) is 6.89. The number of rotatable bonds is 7. The number of nitrogens with zero attached hydrogens (tertiary/aromatic N) is 5. The Kier molecular flexibility index (Phi) is 8.60. The van der Waals surface area contributed by atoms with Gasteiger partial charge in [0.1, 0.15) is 6.33 Å². The first kappa shape index (κ1) is 27.7. The van der Waals surface area contributed by atoms with Gasteiger partial charge in [-0.1, -0.05) is 12.1 Å². The van der Waals surface area contributed by atoms with Crippen LogP contribution in [0.15, 0.2) is 59.4 Å². The molecule has 0 amide bonds. The number of carboxylic acid groups (broad SMARTS) is 1. The smallest absolute Gasteiger partial charge is 0.475 e. The fraction of sp³-hybridized carbons (Fsp3) is 0.273. The molecule has 0 aliphatic carbocycles. The average Bonchev–Trinajstić information content (AvgIpc) is 3.56. The van der Waals surface area contributed by atoms with Gasteiger partial charge in [0.05, 0.1) is 19.3 Å². The summed E-state index contributed by atoms with van der Waals surface area (Å²) in [6.45, 7) is 2.54. The number of hydrogen-bond donors (Lipinski definition) is 2. The topological polar surface area (TPSA) is 121 Å². The van der Waals surface area contributed by atoms with E-state index in [1.54, 1.807) is 11.3 Å². The van der Waals surface area contributed by atoms with Crippen LogP contribution in [-0.2, 0) is 24.4 Å². The first-order valence-corrected chi connectivity index (χ1v) is 11.4. The highest BCUT2D eigenvalue weighted by atomic mass is 32.1. The molecular weight excluding hydrogens is 523 g/mol. The molecule has 0 spiro atoms. The quantitative estimate of drug-likeness (QED) is 0.340. The minimum Gasteiger partial charge on any atom is -0.475 e. The number of benzene rings is 1. The number of aliphatic carboxylic acids is 1. The number of alkyl halides is 3. The fourth-order valence-electron chi connectivity index (χ4n) is 3.17. The largest absolute Gasteiger partial charge is 0.490 e. The van der Waals surface area contributed by atoms with Crippen LogP contribution in [-0.4, -0.2) is 47.9 Å². The van der Waals surface area contributed by atoms with Gasteiger partial charge < -0.3 is 10.8 Å². The molecule has 0 bridgehead atoms. The molecule has 3 N–H and O–H groups in total. The molecular formula is C22H21F5N6O3S. The number of nitrogens with two attached hydrogens (primary N) is 1. The average molecular weight is 545 g/mol. The van der Waals surface area contributed by atoms with E-state index in [9.17, 15) is 26.7 Å². The molecule has 15 heteroatoms. The molecule has 0 aliphatic rings. The van der Waals surface area contributed by atoms with Crippen LogP contribution in [0, 0.1) is 0 Å². The van der Waals surface area contributed by atoms with Gasteiger partial charge in [0.25, 0.3) is 6.08 Å². The monoisotopic (exact) mass is 544 g/mol. The van der Waals surface area contributed by atoms with Gasteiger partial charge in [-0.25, -0.2) is 14.3 Å². The normalized spacial score (nSPS) is 11.3. The second kappa shape index (κ2) is 11.5. The van der Waals surface area contributed by atoms with Crippen LogP contribution in [0.3, 0.4) is 0 Å². The molecule has 0 saturated heterocycles. The van der Waals surface area contributed by atoms with Gasteiger partial charge in [-0.3, -0.25) is 9.25 Å². The van der Waals surface area contributed by atoms with E-state index in [-0.39, 0.29) is 18.7 Å². The van der Waals surface area contributed by atoms with Gasteiger partial charge in [0.15, 0.2) is 0 Å². The number of aryl methyl sites for hydroxylation is 1. The molecule has 0 fully saturated rings. The fourth-order valence-corrected chi connectivity index (χ4v) is 4.27. The summed E-state index contributed by atoms with van der Waals surface area (Å²) in [4.78, 5) is 22.4. The van der Waals surface area contributed by atoms with Crippen LogP contribution in [0.2, 0.25) is 0 Å². The highest BCUT2D eigenvalue weighted by Gasteiger charge is 2.38. The van der Waals surface area contributed by atoms with Crippen LogP contribution in [0.1, 0.15) is 11.8 Å². The maximum absolute atomic E-state index is 12.8. The number of halogens is 5. The summed E-state index contributed by atoms with van der Waals surface area (Å²) in [6.07, 6.45) is -1.74. The molecule has 3 aromatic heterocycles. The molecule has 4 aromatic rings. The third-order valence-electron chi connectivity index (χ3n) is 5.08. The second-order valence-electron chi connectivity index (χ2n) is 7.62. The Bertz CT molecular complexity index is 1480. The number of hydrogen-bond acceptors (Lipinski definition) is 6. The van der Waals surface area contributed by atoms with Gasteiger partial charge in [-0.2, -0.15) is 32.1 Å². The lowest BCUT2D eigenvalue weighted by atomic mass is 10.1. The van der Waals surface area contributed by atoms with Crippen molar-refractivity contribution in [1.29, 1.82) is 0 Å². The van der Waals surface area contributed by atoms with Crippen molar-refractivity contribution in [3.8, 4) is 11.1 Å². The molecule has 0 unspecified atom stereocenters. The van der Waals surface area contributed by atoms with E-state index < -0.39 is 23.9 Å². The molecule has 0 aliphatic heterocycles. The first-order chi connectivity index (χ1) is 17.4. The highest BCUT2D eigenvalue weighted by Crippen LogP contribution is 2.30. The highest BCUT2D eigenvalue weighted by molar-refractivity contribution is 7.19. The van der Waals surface area contributed by atoms with Crippen LogP contribution < -0.4 is 11.4 Å². The molecule has 198 valence electrons. The molecule has 9 nitrogen and oxygen atoms in total. The van der Waals surface area contributed by atoms with Gasteiger partial charge in [0, 0.05) is 40.0 Å². The Morgan fingerprint density at radius 2 is 1.86 bits per heavy atom. The van der Waals surface area contributed by atoms with Crippen molar-refractivity contribution >= 4 is 27.4 Å². The zero-order valence-electron chi connectivity index (χ0n) is 19.2. The van der Waals surface area contributed by atoms with Crippen molar-refractivity contribution < 1.29 is 31.9 Å². The lowest BCUT2D eigenvalue weighted by Gasteiger charge is -2.02. The molecule has 0 saturated carbocycles. The summed E-state index contributed by atoms with van der Waals surface area (Å²) < 4.78 is 62.7. The lowest BCUT2D eigenvalue weighted by molar-refractivity contribution is -0.192. The minimum absolute atomic E-state index is 0.303. The maximum Gasteiger partial charge on any atom is 0.490 e. The summed E-state index contributed by atoms with van der Waals surface area (Å²) in [6, 6.07) is 8.22. The predicted octanol–water partition coefficient (Wildman–Crippen LogP) is 3.93. The maximum atomic E-state index is 12.8. The molecule has 3 heterocycles. The summed E-state index contributed by atoms with van der Waals surface area (Å²) in [5.41, 5.74) is 6.69. The Labute approximate surface area is 209 Å². The number of carboxylic acids is 1. The van der Waals surface area contributed by atoms with Crippen molar-refractivity contribution in [3.63, 3.8) is 0 Å². The zero-order chi connectivity index (χ0) is 27.3. The van der Waals surface area contributed by atoms with Gasteiger partial charge >= 0.3 is 17.8 Å². The molecule has 4 rings (SSSR count). The van der Waals surface area contributed by atoms with Crippen LogP contribution in [0.5, 0.6) is 0 Å². The van der Waals surface area contributed by atoms with Gasteiger partial charge in [-0.15, -0.1) is 11.3 Å². The molecule has 37 heavy (non-hydrogen) atoms. The second-order valence-corrected chi connectivity index (χ2v) is 8.79. The number of fused-ring (bicyclic) bond motifs is 1. The van der Waals surface area contributed by atoms with Crippen LogP contribution in [0.4, 0.5) is 22.0 Å². The number of thiophene rings is 1. The lowest BCUT2D eigenvalue weighted by Crippen LogP contribution is -2.27. The number of aromatic nitrogens is 5. The van der Waals surface area contributed by atoms with E-state index in [0.717, 1.165) is 37.3 Å². The first-order valence-electron chi connectivity index (χ1n) is 10.6. The van der Waals surface area contributed by atoms with E-state index in [4.69, 9.17) is 15.6 Å². The summed E-state index contributed by atoms with van der Waals surface area (Å²) >= 11 is 1.58. The van der Waals surface area contributed by atoms with Crippen molar-refractivity contribution in [2.45, 2.75) is 32.7 Å². The Balaban J connectivity index is 0.000000479. The summed E-state index contributed by atoms with van der Waals surface area (Å²) in [7, 11) is 0. The predicted molar refractivity (Wildman–Crippen MR) is 126 cm³/mol. The molecule has 0 atom stereocenters. The van der Waals surface area contributed by atoms with Gasteiger partial charge in [0.2, 0.25) is 0 Å². The van der Waals surface area contributed by atoms with Crippen molar-refractivity contribution in [1.82, 2.24) is 24.1 Å². The van der Waals surface area contributed by atoms with Gasteiger partial charge in [-0.05, 0) is 30.0 Å². The Morgan fingerprint density at radius 3 is 2.43 bits per heavy atom.